The Morgan fingerprint density at radius 1 is 1.26 bits per heavy atom. The molecular weight excluding hydrogens is 377 g/mol. The monoisotopic (exact) mass is 393 g/mol. The number of halogens is 2. The highest BCUT2D eigenvalue weighted by Crippen LogP contribution is 2.34. The third-order valence-corrected chi connectivity index (χ3v) is 4.61. The van der Waals surface area contributed by atoms with Crippen molar-refractivity contribution in [2.24, 2.45) is 0 Å². The number of aliphatic hydroxyl groups is 2. The van der Waals surface area contributed by atoms with Crippen molar-refractivity contribution in [3.05, 3.63) is 47.5 Å². The van der Waals surface area contributed by atoms with Crippen molar-refractivity contribution in [2.75, 3.05) is 11.9 Å². The zero-order valence-electron chi connectivity index (χ0n) is 14.0. The van der Waals surface area contributed by atoms with Crippen LogP contribution in [0.1, 0.15) is 11.8 Å². The average Bonchev–Trinajstić information content (AvgIpc) is 3.22. The van der Waals surface area contributed by atoms with Gasteiger partial charge in [-0.15, -0.1) is 0 Å². The van der Waals surface area contributed by atoms with E-state index in [1.807, 2.05) is 30.3 Å². The van der Waals surface area contributed by atoms with Crippen LogP contribution in [0.5, 0.6) is 0 Å². The molecule has 0 aliphatic carbocycles. The molecule has 8 nitrogen and oxygen atoms in total. The van der Waals surface area contributed by atoms with Gasteiger partial charge in [0.15, 0.2) is 29.4 Å². The molecule has 0 bridgehead atoms. The number of rotatable bonds is 5. The van der Waals surface area contributed by atoms with Crippen molar-refractivity contribution in [2.45, 2.75) is 31.2 Å². The SMILES string of the molecule is OC[C@H]1O[C@@H](n2cnc3c(NCc4ccccc4)nc(Cl)nc32)[C@@H](F)[C@@H]1O. The summed E-state index contributed by atoms with van der Waals surface area (Å²) in [6, 6.07) is 9.70. The predicted octanol–water partition coefficient (Wildman–Crippen LogP) is 1.68. The minimum Gasteiger partial charge on any atom is -0.394 e. The molecule has 0 saturated carbocycles. The van der Waals surface area contributed by atoms with Gasteiger partial charge in [-0.1, -0.05) is 30.3 Å². The molecule has 1 aliphatic heterocycles. The van der Waals surface area contributed by atoms with Gasteiger partial charge in [-0.05, 0) is 17.2 Å². The molecular formula is C17H17ClFN5O3. The Hall–Kier alpha value is -2.33. The number of nitrogens with one attached hydrogen (secondary N) is 1. The van der Waals surface area contributed by atoms with Gasteiger partial charge in [-0.2, -0.15) is 9.97 Å². The summed E-state index contributed by atoms with van der Waals surface area (Å²) in [5, 5.41) is 22.2. The largest absolute Gasteiger partial charge is 0.394 e. The minimum absolute atomic E-state index is 0.0347. The fourth-order valence-corrected chi connectivity index (χ4v) is 3.22. The number of ether oxygens (including phenoxy) is 1. The minimum atomic E-state index is -1.74. The number of imidazole rings is 1. The zero-order valence-corrected chi connectivity index (χ0v) is 14.8. The maximum Gasteiger partial charge on any atom is 0.226 e. The lowest BCUT2D eigenvalue weighted by atomic mass is 10.1. The first-order valence-electron chi connectivity index (χ1n) is 8.35. The van der Waals surface area contributed by atoms with Gasteiger partial charge in [0.25, 0.3) is 0 Å². The van der Waals surface area contributed by atoms with E-state index in [0.717, 1.165) is 5.56 Å². The Kier molecular flexibility index (Phi) is 4.92. The van der Waals surface area contributed by atoms with Crippen LogP contribution >= 0.6 is 11.6 Å². The fraction of sp³-hybridized carbons (Fsp3) is 0.353. The van der Waals surface area contributed by atoms with Gasteiger partial charge in [0.05, 0.1) is 12.9 Å². The van der Waals surface area contributed by atoms with Gasteiger partial charge in [-0.3, -0.25) is 4.57 Å². The molecule has 27 heavy (non-hydrogen) atoms. The van der Waals surface area contributed by atoms with Gasteiger partial charge in [0.1, 0.15) is 12.2 Å². The third-order valence-electron chi connectivity index (χ3n) is 4.44. The average molecular weight is 394 g/mol. The molecule has 1 aromatic carbocycles. The molecule has 0 spiro atoms. The quantitative estimate of drug-likeness (QED) is 0.566. The number of anilines is 1. The zero-order chi connectivity index (χ0) is 19.0. The van der Waals surface area contributed by atoms with E-state index in [1.54, 1.807) is 0 Å². The van der Waals surface area contributed by atoms with Gasteiger partial charge in [-0.25, -0.2) is 9.37 Å². The Morgan fingerprint density at radius 2 is 2.04 bits per heavy atom. The lowest BCUT2D eigenvalue weighted by Crippen LogP contribution is -2.30. The van der Waals surface area contributed by atoms with E-state index in [0.29, 0.717) is 17.9 Å². The second-order valence-electron chi connectivity index (χ2n) is 6.19. The molecule has 142 valence electrons. The molecule has 3 aromatic rings. The molecule has 10 heteroatoms. The lowest BCUT2D eigenvalue weighted by molar-refractivity contribution is -0.0459. The van der Waals surface area contributed by atoms with Crippen molar-refractivity contribution in [3.63, 3.8) is 0 Å². The first-order chi connectivity index (χ1) is 13.1. The van der Waals surface area contributed by atoms with E-state index in [-0.39, 0.29) is 10.9 Å². The number of nitrogens with zero attached hydrogens (tertiary/aromatic N) is 4. The molecule has 1 saturated heterocycles. The summed E-state index contributed by atoms with van der Waals surface area (Å²) < 4.78 is 21.2. The molecule has 4 rings (SSSR count). The number of fused-ring (bicyclic) bond motifs is 1. The van der Waals surface area contributed by atoms with Crippen molar-refractivity contribution in [3.8, 4) is 0 Å². The number of aromatic nitrogens is 4. The first-order valence-corrected chi connectivity index (χ1v) is 8.72. The highest BCUT2D eigenvalue weighted by Gasteiger charge is 2.45. The van der Waals surface area contributed by atoms with E-state index >= 15 is 0 Å². The van der Waals surface area contributed by atoms with Crippen LogP contribution in [-0.2, 0) is 11.3 Å². The van der Waals surface area contributed by atoms with Crippen LogP contribution in [0.3, 0.4) is 0 Å². The van der Waals surface area contributed by atoms with E-state index < -0.39 is 31.2 Å². The van der Waals surface area contributed by atoms with Crippen molar-refractivity contribution in [1.82, 2.24) is 19.5 Å². The normalized spacial score (nSPS) is 25.2. The van der Waals surface area contributed by atoms with Crippen molar-refractivity contribution >= 4 is 28.6 Å². The molecule has 1 fully saturated rings. The number of hydrogen-bond donors (Lipinski definition) is 3. The number of aliphatic hydroxyl groups excluding tert-OH is 2. The van der Waals surface area contributed by atoms with E-state index in [2.05, 4.69) is 20.3 Å². The topological polar surface area (TPSA) is 105 Å². The Morgan fingerprint density at radius 3 is 2.74 bits per heavy atom. The fourth-order valence-electron chi connectivity index (χ4n) is 3.06. The molecule has 2 aromatic heterocycles. The van der Waals surface area contributed by atoms with Crippen LogP contribution in [-0.4, -0.2) is 54.7 Å². The molecule has 1 aliphatic rings. The molecule has 3 N–H and O–H groups in total. The van der Waals surface area contributed by atoms with Crippen molar-refractivity contribution < 1.29 is 19.3 Å². The summed E-state index contributed by atoms with van der Waals surface area (Å²) >= 11 is 6.03. The predicted molar refractivity (Wildman–Crippen MR) is 96.0 cm³/mol. The van der Waals surface area contributed by atoms with E-state index in [4.69, 9.17) is 16.3 Å². The molecule has 3 heterocycles. The van der Waals surface area contributed by atoms with Crippen LogP contribution in [0.15, 0.2) is 36.7 Å². The van der Waals surface area contributed by atoms with Crippen LogP contribution in [0.25, 0.3) is 11.2 Å². The summed E-state index contributed by atoms with van der Waals surface area (Å²) in [5.41, 5.74) is 1.70. The maximum absolute atomic E-state index is 14.5. The van der Waals surface area contributed by atoms with Gasteiger partial charge < -0.3 is 20.3 Å². The second-order valence-corrected chi connectivity index (χ2v) is 6.53. The molecule has 4 atom stereocenters. The summed E-state index contributed by atoms with van der Waals surface area (Å²) in [6.07, 6.45) is -4.02. The maximum atomic E-state index is 14.5. The summed E-state index contributed by atoms with van der Waals surface area (Å²) in [7, 11) is 0. The van der Waals surface area contributed by atoms with Gasteiger partial charge >= 0.3 is 0 Å². The highest BCUT2D eigenvalue weighted by molar-refractivity contribution is 6.28. The number of benzene rings is 1. The number of alkyl halides is 1. The molecule has 0 unspecified atom stereocenters. The highest BCUT2D eigenvalue weighted by atomic mass is 35.5. The summed E-state index contributed by atoms with van der Waals surface area (Å²) in [4.78, 5) is 12.5. The number of hydrogen-bond acceptors (Lipinski definition) is 7. The lowest BCUT2D eigenvalue weighted by Gasteiger charge is -2.15. The first kappa shape index (κ1) is 18.1. The third kappa shape index (κ3) is 3.34. The van der Waals surface area contributed by atoms with Gasteiger partial charge in [0, 0.05) is 6.54 Å². The van der Waals surface area contributed by atoms with Crippen LogP contribution in [0.2, 0.25) is 5.28 Å². The van der Waals surface area contributed by atoms with Crippen LogP contribution in [0, 0.1) is 0 Å². The van der Waals surface area contributed by atoms with E-state index in [1.165, 1.54) is 10.9 Å². The smallest absolute Gasteiger partial charge is 0.226 e. The Labute approximate surface area is 158 Å². The van der Waals surface area contributed by atoms with E-state index in [9.17, 15) is 14.6 Å². The van der Waals surface area contributed by atoms with Crippen LogP contribution < -0.4 is 5.32 Å². The molecule has 0 amide bonds. The standard InChI is InChI=1S/C17H17ClFN5O3/c18-17-22-14(20-6-9-4-2-1-3-5-9)12-15(23-17)24(8-21-12)16-11(19)13(26)10(7-25)27-16/h1-5,8,10-11,13,16,25-26H,6-7H2,(H,20,22,23)/t10-,11+,13-,16-/m1/s1. The van der Waals surface area contributed by atoms with Gasteiger partial charge in [0.2, 0.25) is 5.28 Å². The summed E-state index contributed by atoms with van der Waals surface area (Å²) in [5.74, 6) is 0.403. The molecule has 0 radical (unpaired) electrons. The Bertz CT molecular complexity index is 941. The van der Waals surface area contributed by atoms with Crippen molar-refractivity contribution in [1.29, 1.82) is 0 Å². The Balaban J connectivity index is 1.66. The van der Waals surface area contributed by atoms with Crippen LogP contribution in [0.4, 0.5) is 10.2 Å². The summed E-state index contributed by atoms with van der Waals surface area (Å²) in [6.45, 7) is -0.00253. The second kappa shape index (κ2) is 7.35.